The van der Waals surface area contributed by atoms with Gasteiger partial charge < -0.3 is 19.9 Å². The van der Waals surface area contributed by atoms with Gasteiger partial charge >= 0.3 is 12.1 Å². The number of carboxylic acid groups (broad SMARTS) is 1. The number of hydrogen-bond donors (Lipinski definition) is 2. The molecule has 0 fully saturated rings. The number of carbonyl (C=O) groups is 3. The number of aliphatic carboxylic acids is 1. The number of carboxylic acids is 1. The Kier molecular flexibility index (Phi) is 10.9. The van der Waals surface area contributed by atoms with E-state index in [2.05, 4.69) is 5.32 Å². The molecule has 0 saturated carbocycles. The van der Waals surface area contributed by atoms with Crippen LogP contribution in [0.4, 0.5) is 4.79 Å². The van der Waals surface area contributed by atoms with Crippen LogP contribution in [-0.4, -0.2) is 65.6 Å². The molecule has 0 aliphatic carbocycles. The van der Waals surface area contributed by atoms with Crippen molar-refractivity contribution in [3.05, 3.63) is 0 Å². The summed E-state index contributed by atoms with van der Waals surface area (Å²) in [4.78, 5) is 39.9. The van der Waals surface area contributed by atoms with E-state index in [1.165, 1.54) is 5.06 Å². The molecule has 0 rings (SSSR count). The van der Waals surface area contributed by atoms with E-state index >= 15 is 0 Å². The fraction of sp³-hybridized carbons (Fsp3) is 0.833. The summed E-state index contributed by atoms with van der Waals surface area (Å²) in [6.45, 7) is 11.7. The van der Waals surface area contributed by atoms with E-state index in [-0.39, 0.29) is 51.5 Å². The quantitative estimate of drug-likeness (QED) is 0.411. The van der Waals surface area contributed by atoms with E-state index < -0.39 is 23.3 Å². The van der Waals surface area contributed by atoms with Crippen molar-refractivity contribution in [2.24, 2.45) is 0 Å². The zero-order valence-electron chi connectivity index (χ0n) is 17.3. The van der Waals surface area contributed by atoms with Crippen LogP contribution in [-0.2, 0) is 23.9 Å². The maximum absolute atomic E-state index is 12.2. The van der Waals surface area contributed by atoms with Gasteiger partial charge in [0.15, 0.2) is 0 Å². The predicted molar refractivity (Wildman–Crippen MR) is 99.1 cm³/mol. The number of nitrogens with one attached hydrogen (secondary N) is 1. The molecule has 9 nitrogen and oxygen atoms in total. The van der Waals surface area contributed by atoms with Crippen LogP contribution in [0.15, 0.2) is 0 Å². The molecule has 0 aromatic carbocycles. The number of rotatable bonds is 11. The van der Waals surface area contributed by atoms with E-state index in [1.807, 2.05) is 20.8 Å². The largest absolute Gasteiger partial charge is 0.481 e. The molecule has 27 heavy (non-hydrogen) atoms. The second-order valence-electron chi connectivity index (χ2n) is 7.99. The molecule has 0 saturated heterocycles. The van der Waals surface area contributed by atoms with E-state index in [9.17, 15) is 14.4 Å². The summed E-state index contributed by atoms with van der Waals surface area (Å²) in [6, 6.07) is 0. The predicted octanol–water partition coefficient (Wildman–Crippen LogP) is 2.34. The Hall–Kier alpha value is -1.87. The maximum Gasteiger partial charge on any atom is 0.407 e. The number of ether oxygens (including phenoxy) is 2. The van der Waals surface area contributed by atoms with Gasteiger partial charge in [-0.1, -0.05) is 0 Å². The summed E-state index contributed by atoms with van der Waals surface area (Å²) < 4.78 is 10.5. The van der Waals surface area contributed by atoms with Gasteiger partial charge in [-0.3, -0.25) is 14.4 Å². The van der Waals surface area contributed by atoms with Crippen LogP contribution in [0.1, 0.15) is 60.8 Å². The summed E-state index contributed by atoms with van der Waals surface area (Å²) in [5.74, 6) is -1.23. The first-order valence-corrected chi connectivity index (χ1v) is 9.06. The third kappa shape index (κ3) is 16.1. The minimum absolute atomic E-state index is 0.0675. The standard InChI is InChI=1S/C18H34N2O7/c1-17(2,3)26-16(24)19-10-12-25-13-11-20(27-18(4,5)6)14(21)8-7-9-15(22)23/h7-13H2,1-6H3,(H,19,24)(H,22,23). The molecule has 0 heterocycles. The SMILES string of the molecule is CC(C)(C)OC(=O)NCCOCCN(OC(C)(C)C)C(=O)CCCC(=O)O. The van der Waals surface area contributed by atoms with Gasteiger partial charge in [0.25, 0.3) is 0 Å². The zero-order valence-corrected chi connectivity index (χ0v) is 17.3. The molecular formula is C18H34N2O7. The Morgan fingerprint density at radius 2 is 1.59 bits per heavy atom. The lowest BCUT2D eigenvalue weighted by atomic mass is 10.2. The third-order valence-corrected chi connectivity index (χ3v) is 2.80. The summed E-state index contributed by atoms with van der Waals surface area (Å²) in [5.41, 5.74) is -1.13. The highest BCUT2D eigenvalue weighted by molar-refractivity contribution is 5.76. The molecule has 0 aromatic rings. The molecule has 0 aliphatic rings. The normalized spacial score (nSPS) is 11.8. The molecule has 0 bridgehead atoms. The topological polar surface area (TPSA) is 114 Å². The van der Waals surface area contributed by atoms with Gasteiger partial charge in [-0.05, 0) is 48.0 Å². The average Bonchev–Trinajstić information content (AvgIpc) is 2.45. The summed E-state index contributed by atoms with van der Waals surface area (Å²) in [6.07, 6.45) is -0.249. The molecule has 2 amide bonds. The van der Waals surface area contributed by atoms with Gasteiger partial charge in [-0.2, -0.15) is 0 Å². The maximum atomic E-state index is 12.2. The molecular weight excluding hydrogens is 356 g/mol. The smallest absolute Gasteiger partial charge is 0.407 e. The highest BCUT2D eigenvalue weighted by Crippen LogP contribution is 2.12. The van der Waals surface area contributed by atoms with Crippen LogP contribution >= 0.6 is 0 Å². The highest BCUT2D eigenvalue weighted by atomic mass is 16.7. The molecule has 0 unspecified atom stereocenters. The number of alkyl carbamates (subject to hydrolysis) is 1. The van der Waals surface area contributed by atoms with Crippen LogP contribution in [0, 0.1) is 0 Å². The lowest BCUT2D eigenvalue weighted by molar-refractivity contribution is -0.230. The Bertz CT molecular complexity index is 481. The van der Waals surface area contributed by atoms with Crippen molar-refractivity contribution < 1.29 is 33.8 Å². The third-order valence-electron chi connectivity index (χ3n) is 2.80. The molecule has 0 atom stereocenters. The van der Waals surface area contributed by atoms with E-state index in [0.717, 1.165) is 0 Å². The van der Waals surface area contributed by atoms with E-state index in [0.29, 0.717) is 0 Å². The second kappa shape index (κ2) is 11.8. The number of amides is 2. The fourth-order valence-corrected chi connectivity index (χ4v) is 1.86. The van der Waals surface area contributed by atoms with Crippen molar-refractivity contribution in [3.8, 4) is 0 Å². The van der Waals surface area contributed by atoms with Crippen LogP contribution < -0.4 is 5.32 Å². The highest BCUT2D eigenvalue weighted by Gasteiger charge is 2.22. The van der Waals surface area contributed by atoms with Crippen molar-refractivity contribution >= 4 is 18.0 Å². The minimum Gasteiger partial charge on any atom is -0.481 e. The van der Waals surface area contributed by atoms with Crippen LogP contribution in [0.5, 0.6) is 0 Å². The van der Waals surface area contributed by atoms with Crippen LogP contribution in [0.3, 0.4) is 0 Å². The number of hydroxylamine groups is 2. The number of hydrogen-bond acceptors (Lipinski definition) is 6. The molecule has 0 radical (unpaired) electrons. The molecule has 0 aromatic heterocycles. The van der Waals surface area contributed by atoms with Crippen molar-refractivity contribution in [3.63, 3.8) is 0 Å². The van der Waals surface area contributed by atoms with Gasteiger partial charge in [-0.25, -0.2) is 9.86 Å². The molecule has 158 valence electrons. The first-order valence-electron chi connectivity index (χ1n) is 9.06. The van der Waals surface area contributed by atoms with Gasteiger partial charge in [0.2, 0.25) is 5.91 Å². The van der Waals surface area contributed by atoms with E-state index in [4.69, 9.17) is 19.4 Å². The first kappa shape index (κ1) is 25.1. The monoisotopic (exact) mass is 390 g/mol. The summed E-state index contributed by atoms with van der Waals surface area (Å²) in [5, 5.41) is 12.4. The van der Waals surface area contributed by atoms with E-state index in [1.54, 1.807) is 20.8 Å². The van der Waals surface area contributed by atoms with Crippen molar-refractivity contribution in [2.45, 2.75) is 72.0 Å². The average molecular weight is 390 g/mol. The van der Waals surface area contributed by atoms with Gasteiger partial charge in [-0.15, -0.1) is 0 Å². The zero-order chi connectivity index (χ0) is 21.1. The van der Waals surface area contributed by atoms with Gasteiger partial charge in [0, 0.05) is 19.4 Å². The van der Waals surface area contributed by atoms with Crippen molar-refractivity contribution in [2.75, 3.05) is 26.3 Å². The molecule has 0 spiro atoms. The molecule has 0 aliphatic heterocycles. The fourth-order valence-electron chi connectivity index (χ4n) is 1.86. The Morgan fingerprint density at radius 1 is 0.963 bits per heavy atom. The number of nitrogens with zero attached hydrogens (tertiary/aromatic N) is 1. The molecule has 9 heteroatoms. The molecule has 2 N–H and O–H groups in total. The summed E-state index contributed by atoms with van der Waals surface area (Å²) >= 11 is 0. The Balaban J connectivity index is 4.20. The lowest BCUT2D eigenvalue weighted by Gasteiger charge is -2.29. The lowest BCUT2D eigenvalue weighted by Crippen LogP contribution is -2.40. The minimum atomic E-state index is -0.938. The van der Waals surface area contributed by atoms with Gasteiger partial charge in [0.1, 0.15) is 5.60 Å². The van der Waals surface area contributed by atoms with Crippen LogP contribution in [0.25, 0.3) is 0 Å². The number of carbonyl (C=O) groups excluding carboxylic acids is 2. The second-order valence-corrected chi connectivity index (χ2v) is 7.99. The Morgan fingerprint density at radius 3 is 2.11 bits per heavy atom. The first-order chi connectivity index (χ1) is 12.3. The van der Waals surface area contributed by atoms with Crippen LogP contribution in [0.2, 0.25) is 0 Å². The van der Waals surface area contributed by atoms with Crippen molar-refractivity contribution in [1.82, 2.24) is 10.4 Å². The van der Waals surface area contributed by atoms with Crippen molar-refractivity contribution in [1.29, 1.82) is 0 Å². The Labute approximate surface area is 161 Å². The van der Waals surface area contributed by atoms with Gasteiger partial charge in [0.05, 0.1) is 25.4 Å². The summed E-state index contributed by atoms with van der Waals surface area (Å²) in [7, 11) is 0.